The lowest BCUT2D eigenvalue weighted by atomic mass is 9.89. The van der Waals surface area contributed by atoms with Crippen LogP contribution in [0.3, 0.4) is 0 Å². The highest BCUT2D eigenvalue weighted by Gasteiger charge is 2.32. The Kier molecular flexibility index (Phi) is 4.80. The third kappa shape index (κ3) is 3.95. The zero-order valence-corrected chi connectivity index (χ0v) is 12.2. The van der Waals surface area contributed by atoms with Gasteiger partial charge in [0.25, 0.3) is 0 Å². The number of carbonyl (C=O) groups excluding carboxylic acids is 1. The van der Waals surface area contributed by atoms with Gasteiger partial charge in [0.2, 0.25) is 0 Å². The fourth-order valence-corrected chi connectivity index (χ4v) is 2.27. The quantitative estimate of drug-likeness (QED) is 0.867. The van der Waals surface area contributed by atoms with E-state index in [9.17, 15) is 9.59 Å². The van der Waals surface area contributed by atoms with Gasteiger partial charge in [-0.05, 0) is 31.9 Å². The van der Waals surface area contributed by atoms with Crippen molar-refractivity contribution in [3.8, 4) is 0 Å². The van der Waals surface area contributed by atoms with Crippen LogP contribution in [0.15, 0.2) is 24.3 Å². The average molecular weight is 292 g/mol. The van der Waals surface area contributed by atoms with Crippen molar-refractivity contribution < 1.29 is 19.4 Å². The van der Waals surface area contributed by atoms with Gasteiger partial charge in [-0.3, -0.25) is 9.69 Å². The number of carboxylic acids is 1. The molecule has 1 aromatic rings. The topological polar surface area (TPSA) is 78.9 Å². The van der Waals surface area contributed by atoms with E-state index in [-0.39, 0.29) is 24.7 Å². The number of nitrogens with zero attached hydrogens (tertiary/aromatic N) is 1. The molecule has 0 heterocycles. The van der Waals surface area contributed by atoms with Crippen LogP contribution in [0.25, 0.3) is 0 Å². The first kappa shape index (κ1) is 15.3. The van der Waals surface area contributed by atoms with Crippen LogP contribution in [0.2, 0.25) is 0 Å². The van der Waals surface area contributed by atoms with Crippen molar-refractivity contribution in [1.29, 1.82) is 0 Å². The molecule has 1 fully saturated rings. The van der Waals surface area contributed by atoms with E-state index < -0.39 is 5.97 Å². The summed E-state index contributed by atoms with van der Waals surface area (Å²) < 4.78 is 5.16. The average Bonchev–Trinajstić information content (AvgIpc) is 2.40. The molecule has 0 spiro atoms. The molecule has 1 aromatic carbocycles. The summed E-state index contributed by atoms with van der Waals surface area (Å²) in [5.74, 6) is -1.05. The number of nitrogens with one attached hydrogen (secondary N) is 1. The van der Waals surface area contributed by atoms with Gasteiger partial charge < -0.3 is 15.2 Å². The van der Waals surface area contributed by atoms with E-state index in [0.29, 0.717) is 5.69 Å². The molecule has 0 aliphatic heterocycles. The number of methoxy groups -OCH3 is 1. The number of hydrogen-bond acceptors (Lipinski definition) is 3. The molecule has 2 amide bonds. The molecule has 0 radical (unpaired) electrons. The Hall–Kier alpha value is -2.08. The normalized spacial score (nSPS) is 20.5. The van der Waals surface area contributed by atoms with Crippen LogP contribution < -0.4 is 10.2 Å². The lowest BCUT2D eigenvalue weighted by molar-refractivity contribution is -0.135. The number of rotatable bonds is 5. The first-order valence-electron chi connectivity index (χ1n) is 6.89. The van der Waals surface area contributed by atoms with E-state index >= 15 is 0 Å². The summed E-state index contributed by atoms with van der Waals surface area (Å²) in [6, 6.07) is 6.85. The van der Waals surface area contributed by atoms with Gasteiger partial charge in [0.05, 0.1) is 6.10 Å². The predicted molar refractivity (Wildman–Crippen MR) is 78.5 cm³/mol. The second-order valence-corrected chi connectivity index (χ2v) is 5.29. The molecule has 114 valence electrons. The van der Waals surface area contributed by atoms with Crippen molar-refractivity contribution in [2.45, 2.75) is 31.9 Å². The van der Waals surface area contributed by atoms with Crippen LogP contribution in [0, 0.1) is 6.92 Å². The summed E-state index contributed by atoms with van der Waals surface area (Å²) >= 11 is 0. The van der Waals surface area contributed by atoms with Crippen LogP contribution in [0.1, 0.15) is 18.4 Å². The van der Waals surface area contributed by atoms with Crippen LogP contribution in [-0.2, 0) is 9.53 Å². The third-order valence-corrected chi connectivity index (χ3v) is 3.64. The Morgan fingerprint density at radius 3 is 2.48 bits per heavy atom. The Labute approximate surface area is 123 Å². The molecular weight excluding hydrogens is 272 g/mol. The fourth-order valence-electron chi connectivity index (χ4n) is 2.27. The number of aryl methyl sites for hydroxylation is 1. The summed E-state index contributed by atoms with van der Waals surface area (Å²) in [5.41, 5.74) is 1.62. The van der Waals surface area contributed by atoms with Crippen molar-refractivity contribution in [3.05, 3.63) is 29.8 Å². The number of anilines is 1. The number of benzene rings is 1. The highest BCUT2D eigenvalue weighted by molar-refractivity contribution is 5.96. The van der Waals surface area contributed by atoms with Crippen molar-refractivity contribution in [1.82, 2.24) is 5.32 Å². The zero-order chi connectivity index (χ0) is 15.4. The number of ether oxygens (including phenoxy) is 1. The Bertz CT molecular complexity index is 509. The molecule has 0 atom stereocenters. The number of urea groups is 1. The van der Waals surface area contributed by atoms with Crippen LogP contribution in [0.5, 0.6) is 0 Å². The molecule has 2 rings (SSSR count). The van der Waals surface area contributed by atoms with Crippen LogP contribution >= 0.6 is 0 Å². The highest BCUT2D eigenvalue weighted by Crippen LogP contribution is 2.23. The maximum absolute atomic E-state index is 12.3. The molecular formula is C15H20N2O4. The molecule has 2 N–H and O–H groups in total. The van der Waals surface area contributed by atoms with Crippen molar-refractivity contribution in [2.24, 2.45) is 0 Å². The predicted octanol–water partition coefficient (Wildman–Crippen LogP) is 1.77. The van der Waals surface area contributed by atoms with E-state index in [1.165, 1.54) is 4.90 Å². The molecule has 1 saturated carbocycles. The van der Waals surface area contributed by atoms with Gasteiger partial charge in [0.1, 0.15) is 6.54 Å². The van der Waals surface area contributed by atoms with E-state index in [2.05, 4.69) is 5.32 Å². The lowest BCUT2D eigenvalue weighted by Gasteiger charge is -2.36. The smallest absolute Gasteiger partial charge is 0.323 e. The van der Waals surface area contributed by atoms with Crippen molar-refractivity contribution in [2.75, 3.05) is 18.6 Å². The number of carbonyl (C=O) groups is 2. The summed E-state index contributed by atoms with van der Waals surface area (Å²) in [6.45, 7) is 1.57. The molecule has 21 heavy (non-hydrogen) atoms. The number of hydrogen-bond donors (Lipinski definition) is 2. The minimum absolute atomic E-state index is 0.0455. The second-order valence-electron chi connectivity index (χ2n) is 5.29. The fraction of sp³-hybridized carbons (Fsp3) is 0.467. The maximum atomic E-state index is 12.3. The van der Waals surface area contributed by atoms with E-state index in [1.54, 1.807) is 19.2 Å². The first-order valence-corrected chi connectivity index (χ1v) is 6.89. The molecule has 6 heteroatoms. The molecule has 0 saturated heterocycles. The van der Waals surface area contributed by atoms with Gasteiger partial charge in [0, 0.05) is 18.8 Å². The highest BCUT2D eigenvalue weighted by atomic mass is 16.5. The van der Waals surface area contributed by atoms with Crippen LogP contribution in [0.4, 0.5) is 10.5 Å². The number of carboxylic acid groups (broad SMARTS) is 1. The summed E-state index contributed by atoms with van der Waals surface area (Å²) in [6.07, 6.45) is 1.70. The van der Waals surface area contributed by atoms with E-state index in [1.807, 2.05) is 19.1 Å². The first-order chi connectivity index (χ1) is 9.99. The van der Waals surface area contributed by atoms with Gasteiger partial charge in [-0.15, -0.1) is 0 Å². The van der Waals surface area contributed by atoms with Gasteiger partial charge in [0.15, 0.2) is 0 Å². The number of aliphatic carboxylic acids is 1. The van der Waals surface area contributed by atoms with Crippen molar-refractivity contribution >= 4 is 17.7 Å². The molecule has 6 nitrogen and oxygen atoms in total. The monoisotopic (exact) mass is 292 g/mol. The molecule has 1 aliphatic rings. The minimum Gasteiger partial charge on any atom is -0.480 e. The third-order valence-electron chi connectivity index (χ3n) is 3.64. The van der Waals surface area contributed by atoms with Crippen LogP contribution in [-0.4, -0.2) is 42.9 Å². The zero-order valence-electron chi connectivity index (χ0n) is 12.2. The molecule has 1 aliphatic carbocycles. The van der Waals surface area contributed by atoms with Gasteiger partial charge >= 0.3 is 12.0 Å². The summed E-state index contributed by atoms with van der Waals surface area (Å²) in [4.78, 5) is 24.5. The lowest BCUT2D eigenvalue weighted by Crippen LogP contribution is -2.52. The minimum atomic E-state index is -1.05. The Balaban J connectivity index is 2.03. The largest absolute Gasteiger partial charge is 0.480 e. The second kappa shape index (κ2) is 6.58. The maximum Gasteiger partial charge on any atom is 0.323 e. The van der Waals surface area contributed by atoms with E-state index in [0.717, 1.165) is 18.4 Å². The van der Waals surface area contributed by atoms with Gasteiger partial charge in [-0.25, -0.2) is 4.79 Å². The SMILES string of the molecule is COC1CC(NC(=O)N(CC(=O)O)c2ccc(C)cc2)C1. The number of amides is 2. The standard InChI is InChI=1S/C15H20N2O4/c1-10-3-5-12(6-4-10)17(9-14(18)19)15(20)16-11-7-13(8-11)21-2/h3-6,11,13H,7-9H2,1-2H3,(H,16,20)(H,18,19). The summed E-state index contributed by atoms with van der Waals surface area (Å²) in [5, 5.41) is 11.8. The van der Waals surface area contributed by atoms with Gasteiger partial charge in [-0.1, -0.05) is 17.7 Å². The molecule has 0 unspecified atom stereocenters. The Morgan fingerprint density at radius 1 is 1.33 bits per heavy atom. The summed E-state index contributed by atoms with van der Waals surface area (Å²) in [7, 11) is 1.64. The molecule has 0 bridgehead atoms. The Morgan fingerprint density at radius 2 is 1.95 bits per heavy atom. The van der Waals surface area contributed by atoms with E-state index in [4.69, 9.17) is 9.84 Å². The van der Waals surface area contributed by atoms with Gasteiger partial charge in [-0.2, -0.15) is 0 Å². The van der Waals surface area contributed by atoms with Crippen molar-refractivity contribution in [3.63, 3.8) is 0 Å². The molecule has 0 aromatic heterocycles.